The lowest BCUT2D eigenvalue weighted by molar-refractivity contribution is 0.0636. The summed E-state index contributed by atoms with van der Waals surface area (Å²) in [5.41, 5.74) is 1.23. The predicted molar refractivity (Wildman–Crippen MR) is 85.3 cm³/mol. The van der Waals surface area contributed by atoms with Gasteiger partial charge in [0.05, 0.1) is 18.4 Å². The van der Waals surface area contributed by atoms with Crippen molar-refractivity contribution in [2.45, 2.75) is 32.9 Å². The van der Waals surface area contributed by atoms with Crippen molar-refractivity contribution in [3.8, 4) is 0 Å². The molecule has 0 unspecified atom stereocenters. The number of rotatable bonds is 3. The van der Waals surface area contributed by atoms with Crippen LogP contribution in [-0.2, 0) is 11.3 Å². The third-order valence-corrected chi connectivity index (χ3v) is 3.07. The maximum absolute atomic E-state index is 11.7. The van der Waals surface area contributed by atoms with Gasteiger partial charge in [-0.2, -0.15) is 5.10 Å². The van der Waals surface area contributed by atoms with Crippen molar-refractivity contribution in [2.75, 3.05) is 5.32 Å². The van der Waals surface area contributed by atoms with Gasteiger partial charge in [0.1, 0.15) is 5.60 Å². The van der Waals surface area contributed by atoms with Gasteiger partial charge in [0.2, 0.25) is 0 Å². The van der Waals surface area contributed by atoms with Crippen LogP contribution in [0.3, 0.4) is 0 Å². The van der Waals surface area contributed by atoms with Crippen LogP contribution < -0.4 is 5.32 Å². The van der Waals surface area contributed by atoms with Crippen LogP contribution >= 0.6 is 15.9 Å². The highest BCUT2D eigenvalue weighted by atomic mass is 79.9. The van der Waals surface area contributed by atoms with Crippen molar-refractivity contribution < 1.29 is 9.53 Å². The lowest BCUT2D eigenvalue weighted by atomic mass is 10.2. The number of nitrogens with zero attached hydrogens (tertiary/aromatic N) is 2. The fourth-order valence-corrected chi connectivity index (χ4v) is 1.98. The number of nitrogens with one attached hydrogen (secondary N) is 1. The maximum atomic E-state index is 11.7. The van der Waals surface area contributed by atoms with Crippen LogP contribution in [-0.4, -0.2) is 21.5 Å². The average Bonchev–Trinajstić information content (AvgIpc) is 2.77. The van der Waals surface area contributed by atoms with E-state index in [1.807, 2.05) is 45.0 Å². The first-order chi connectivity index (χ1) is 9.82. The van der Waals surface area contributed by atoms with Crippen molar-refractivity contribution in [2.24, 2.45) is 0 Å². The van der Waals surface area contributed by atoms with Gasteiger partial charge in [-0.1, -0.05) is 28.1 Å². The Hall–Kier alpha value is -1.82. The maximum Gasteiger partial charge on any atom is 0.412 e. The van der Waals surface area contributed by atoms with Crippen LogP contribution in [0.5, 0.6) is 0 Å². The molecular weight excluding hydrogens is 334 g/mol. The molecule has 0 aliphatic heterocycles. The Morgan fingerprint density at radius 3 is 2.62 bits per heavy atom. The quantitative estimate of drug-likeness (QED) is 0.907. The molecule has 1 amide bonds. The summed E-state index contributed by atoms with van der Waals surface area (Å²) < 4.78 is 7.99. The van der Waals surface area contributed by atoms with E-state index in [4.69, 9.17) is 4.74 Å². The number of hydrogen-bond acceptors (Lipinski definition) is 3. The molecule has 112 valence electrons. The van der Waals surface area contributed by atoms with E-state index in [2.05, 4.69) is 26.3 Å². The number of anilines is 1. The third-order valence-electron chi connectivity index (χ3n) is 2.54. The molecule has 1 aromatic carbocycles. The fraction of sp³-hybridized carbons (Fsp3) is 0.333. The summed E-state index contributed by atoms with van der Waals surface area (Å²) in [5, 5.41) is 6.88. The summed E-state index contributed by atoms with van der Waals surface area (Å²) in [6, 6.07) is 8.01. The number of carbonyl (C=O) groups excluding carboxylic acids is 1. The summed E-state index contributed by atoms with van der Waals surface area (Å²) in [4.78, 5) is 11.7. The molecule has 2 rings (SSSR count). The number of amides is 1. The van der Waals surface area contributed by atoms with Crippen molar-refractivity contribution >= 4 is 27.7 Å². The summed E-state index contributed by atoms with van der Waals surface area (Å²) in [5.74, 6) is 0. The van der Waals surface area contributed by atoms with E-state index in [-0.39, 0.29) is 0 Å². The molecule has 5 nitrogen and oxygen atoms in total. The molecule has 0 bridgehead atoms. The standard InChI is InChI=1S/C15H18BrN3O2/c1-15(2,3)21-14(20)18-13-8-17-19(10-13)9-11-4-6-12(16)7-5-11/h4-8,10H,9H2,1-3H3,(H,18,20). The molecule has 1 N–H and O–H groups in total. The first-order valence-electron chi connectivity index (χ1n) is 6.59. The second-order valence-corrected chi connectivity index (χ2v) is 6.60. The van der Waals surface area contributed by atoms with E-state index in [0.717, 1.165) is 10.0 Å². The van der Waals surface area contributed by atoms with Crippen molar-refractivity contribution in [1.82, 2.24) is 9.78 Å². The Bertz CT molecular complexity index is 615. The van der Waals surface area contributed by atoms with E-state index in [0.29, 0.717) is 12.2 Å². The highest BCUT2D eigenvalue weighted by Gasteiger charge is 2.16. The van der Waals surface area contributed by atoms with E-state index in [9.17, 15) is 4.79 Å². The molecule has 0 fully saturated rings. The number of halogens is 1. The zero-order valence-electron chi connectivity index (χ0n) is 12.3. The van der Waals surface area contributed by atoms with Gasteiger partial charge in [0, 0.05) is 10.7 Å². The SMILES string of the molecule is CC(C)(C)OC(=O)Nc1cnn(Cc2ccc(Br)cc2)c1. The first kappa shape index (κ1) is 15.6. The number of ether oxygens (including phenoxy) is 1. The van der Waals surface area contributed by atoms with Crippen molar-refractivity contribution in [1.29, 1.82) is 0 Å². The lowest BCUT2D eigenvalue weighted by Gasteiger charge is -2.19. The molecule has 0 spiro atoms. The highest BCUT2D eigenvalue weighted by molar-refractivity contribution is 9.10. The van der Waals surface area contributed by atoms with Crippen LogP contribution in [0.2, 0.25) is 0 Å². The first-order valence-corrected chi connectivity index (χ1v) is 7.38. The van der Waals surface area contributed by atoms with Crippen LogP contribution in [0.1, 0.15) is 26.3 Å². The zero-order chi connectivity index (χ0) is 15.5. The third kappa shape index (κ3) is 5.23. The van der Waals surface area contributed by atoms with Crippen LogP contribution in [0.4, 0.5) is 10.5 Å². The smallest absolute Gasteiger partial charge is 0.412 e. The normalized spacial score (nSPS) is 11.2. The molecule has 0 aliphatic carbocycles. The van der Waals surface area contributed by atoms with E-state index < -0.39 is 11.7 Å². The van der Waals surface area contributed by atoms with Gasteiger partial charge >= 0.3 is 6.09 Å². The van der Waals surface area contributed by atoms with E-state index >= 15 is 0 Å². The average molecular weight is 352 g/mol. The van der Waals surface area contributed by atoms with Crippen molar-refractivity contribution in [3.63, 3.8) is 0 Å². The minimum atomic E-state index is -0.516. The molecule has 0 atom stereocenters. The van der Waals surface area contributed by atoms with E-state index in [1.165, 1.54) is 0 Å². The molecular formula is C15H18BrN3O2. The Balaban J connectivity index is 1.95. The predicted octanol–water partition coefficient (Wildman–Crippen LogP) is 4.04. The number of aromatic nitrogens is 2. The Kier molecular flexibility index (Phi) is 4.67. The van der Waals surface area contributed by atoms with Gasteiger partial charge in [0.15, 0.2) is 0 Å². The topological polar surface area (TPSA) is 56.1 Å². The second kappa shape index (κ2) is 6.30. The largest absolute Gasteiger partial charge is 0.444 e. The molecule has 1 aromatic heterocycles. The van der Waals surface area contributed by atoms with Crippen LogP contribution in [0.15, 0.2) is 41.1 Å². The van der Waals surface area contributed by atoms with Crippen LogP contribution in [0.25, 0.3) is 0 Å². The number of carbonyl (C=O) groups is 1. The summed E-state index contributed by atoms with van der Waals surface area (Å²) >= 11 is 3.40. The summed E-state index contributed by atoms with van der Waals surface area (Å²) in [6.07, 6.45) is 2.89. The minimum absolute atomic E-state index is 0.481. The molecule has 0 radical (unpaired) electrons. The van der Waals surface area contributed by atoms with Gasteiger partial charge in [-0.3, -0.25) is 10.00 Å². The highest BCUT2D eigenvalue weighted by Crippen LogP contribution is 2.14. The zero-order valence-corrected chi connectivity index (χ0v) is 13.8. The number of hydrogen-bond donors (Lipinski definition) is 1. The second-order valence-electron chi connectivity index (χ2n) is 5.68. The molecule has 6 heteroatoms. The van der Waals surface area contributed by atoms with Gasteiger partial charge in [-0.05, 0) is 38.5 Å². The summed E-state index contributed by atoms with van der Waals surface area (Å²) in [6.45, 7) is 6.11. The molecule has 2 aromatic rings. The van der Waals surface area contributed by atoms with Gasteiger partial charge in [-0.15, -0.1) is 0 Å². The monoisotopic (exact) mass is 351 g/mol. The van der Waals surface area contributed by atoms with Gasteiger partial charge in [0.25, 0.3) is 0 Å². The Morgan fingerprint density at radius 1 is 1.33 bits per heavy atom. The minimum Gasteiger partial charge on any atom is -0.444 e. The molecule has 0 saturated heterocycles. The summed E-state index contributed by atoms with van der Waals surface area (Å²) in [7, 11) is 0. The number of benzene rings is 1. The molecule has 1 heterocycles. The van der Waals surface area contributed by atoms with Crippen LogP contribution in [0, 0.1) is 0 Å². The van der Waals surface area contributed by atoms with Crippen molar-refractivity contribution in [3.05, 3.63) is 46.7 Å². The Labute approximate surface area is 132 Å². The fourth-order valence-electron chi connectivity index (χ4n) is 1.71. The Morgan fingerprint density at radius 2 is 2.00 bits per heavy atom. The molecule has 0 saturated carbocycles. The lowest BCUT2D eigenvalue weighted by Crippen LogP contribution is -2.27. The van der Waals surface area contributed by atoms with E-state index in [1.54, 1.807) is 17.1 Å². The van der Waals surface area contributed by atoms with Gasteiger partial charge < -0.3 is 4.74 Å². The molecule has 21 heavy (non-hydrogen) atoms. The van der Waals surface area contributed by atoms with Gasteiger partial charge in [-0.25, -0.2) is 4.79 Å². The molecule has 0 aliphatic rings.